The fourth-order valence-electron chi connectivity index (χ4n) is 2.90. The van der Waals surface area contributed by atoms with Crippen molar-refractivity contribution in [2.24, 2.45) is 0 Å². The van der Waals surface area contributed by atoms with Crippen LogP contribution in [0.4, 0.5) is 0 Å². The zero-order valence-electron chi connectivity index (χ0n) is 13.1. The molecule has 0 saturated carbocycles. The van der Waals surface area contributed by atoms with E-state index >= 15 is 0 Å². The molecular weight excluding hydrogens is 375 g/mol. The van der Waals surface area contributed by atoms with Crippen molar-refractivity contribution in [3.63, 3.8) is 0 Å². The molecule has 0 spiro atoms. The summed E-state index contributed by atoms with van der Waals surface area (Å²) in [5.74, 6) is 0.856. The molecule has 0 unspecified atom stereocenters. The second-order valence-corrected chi connectivity index (χ2v) is 7.04. The molecule has 0 N–H and O–H groups in total. The van der Waals surface area contributed by atoms with Gasteiger partial charge in [0.05, 0.1) is 17.6 Å². The minimum Gasteiger partial charge on any atom is -0.319 e. The highest BCUT2D eigenvalue weighted by molar-refractivity contribution is 6.35. The first kappa shape index (κ1) is 16.5. The van der Waals surface area contributed by atoms with E-state index in [1.807, 2.05) is 54.6 Å². The first-order valence-electron chi connectivity index (χ1n) is 7.77. The van der Waals surface area contributed by atoms with Crippen molar-refractivity contribution in [1.82, 2.24) is 9.55 Å². The molecule has 0 radical (unpaired) electrons. The van der Waals surface area contributed by atoms with Gasteiger partial charge >= 0.3 is 0 Å². The third kappa shape index (κ3) is 3.25. The van der Waals surface area contributed by atoms with Crippen molar-refractivity contribution in [2.75, 3.05) is 0 Å². The Bertz CT molecular complexity index is 1070. The lowest BCUT2D eigenvalue weighted by Gasteiger charge is -2.11. The quantitative estimate of drug-likeness (QED) is 0.382. The van der Waals surface area contributed by atoms with Crippen LogP contribution >= 0.6 is 34.8 Å². The second kappa shape index (κ2) is 6.72. The van der Waals surface area contributed by atoms with Crippen LogP contribution in [0.3, 0.4) is 0 Å². The molecule has 0 amide bonds. The lowest BCUT2D eigenvalue weighted by Crippen LogP contribution is -2.03. The standard InChI is InChI=1S/C20H13Cl3N2/c21-15-5-3-4-13(10-15)20-24-18-6-1-2-7-19(18)25(20)12-14-8-9-16(22)11-17(14)23/h1-11H,12H2. The summed E-state index contributed by atoms with van der Waals surface area (Å²) in [5, 5.41) is 1.95. The molecule has 0 aliphatic carbocycles. The molecule has 1 heterocycles. The third-order valence-corrected chi connectivity index (χ3v) is 4.90. The summed E-state index contributed by atoms with van der Waals surface area (Å²) in [5.41, 5.74) is 3.93. The summed E-state index contributed by atoms with van der Waals surface area (Å²) in [4.78, 5) is 4.80. The molecule has 25 heavy (non-hydrogen) atoms. The van der Waals surface area contributed by atoms with E-state index in [0.29, 0.717) is 21.6 Å². The van der Waals surface area contributed by atoms with Crippen LogP contribution in [0.15, 0.2) is 66.7 Å². The maximum absolute atomic E-state index is 6.38. The van der Waals surface area contributed by atoms with Crippen LogP contribution in [0.2, 0.25) is 15.1 Å². The van der Waals surface area contributed by atoms with Gasteiger partial charge in [0.15, 0.2) is 0 Å². The number of nitrogens with zero attached hydrogens (tertiary/aromatic N) is 2. The Morgan fingerprint density at radius 1 is 0.800 bits per heavy atom. The molecule has 0 atom stereocenters. The zero-order valence-corrected chi connectivity index (χ0v) is 15.4. The van der Waals surface area contributed by atoms with Gasteiger partial charge in [0.2, 0.25) is 0 Å². The average Bonchev–Trinajstić information content (AvgIpc) is 2.96. The van der Waals surface area contributed by atoms with E-state index in [1.165, 1.54) is 0 Å². The molecule has 1 aromatic heterocycles. The Hall–Kier alpha value is -2.00. The average molecular weight is 388 g/mol. The van der Waals surface area contributed by atoms with E-state index in [-0.39, 0.29) is 0 Å². The summed E-state index contributed by atoms with van der Waals surface area (Å²) in [6.45, 7) is 0.596. The normalized spacial score (nSPS) is 11.2. The third-order valence-electron chi connectivity index (χ3n) is 4.08. The first-order chi connectivity index (χ1) is 12.1. The molecular formula is C20H13Cl3N2. The van der Waals surface area contributed by atoms with Gasteiger partial charge in [0.1, 0.15) is 5.82 Å². The molecule has 124 valence electrons. The van der Waals surface area contributed by atoms with Gasteiger partial charge in [-0.2, -0.15) is 0 Å². The smallest absolute Gasteiger partial charge is 0.141 e. The second-order valence-electron chi connectivity index (χ2n) is 5.76. The molecule has 0 bridgehead atoms. The number of fused-ring (bicyclic) bond motifs is 1. The maximum atomic E-state index is 6.38. The Morgan fingerprint density at radius 3 is 2.40 bits per heavy atom. The molecule has 5 heteroatoms. The van der Waals surface area contributed by atoms with Crippen molar-refractivity contribution in [3.8, 4) is 11.4 Å². The van der Waals surface area contributed by atoms with Crippen molar-refractivity contribution >= 4 is 45.8 Å². The zero-order chi connectivity index (χ0) is 17.4. The van der Waals surface area contributed by atoms with Gasteiger partial charge in [0.25, 0.3) is 0 Å². The lowest BCUT2D eigenvalue weighted by atomic mass is 10.2. The Balaban J connectivity index is 1.90. The molecule has 3 aromatic carbocycles. The van der Waals surface area contributed by atoms with Crippen molar-refractivity contribution in [1.29, 1.82) is 0 Å². The maximum Gasteiger partial charge on any atom is 0.141 e. The largest absolute Gasteiger partial charge is 0.319 e. The fraction of sp³-hybridized carbons (Fsp3) is 0.0500. The summed E-state index contributed by atoms with van der Waals surface area (Å²) in [6.07, 6.45) is 0. The van der Waals surface area contributed by atoms with Gasteiger partial charge in [-0.3, -0.25) is 0 Å². The lowest BCUT2D eigenvalue weighted by molar-refractivity contribution is 0.834. The molecule has 0 aliphatic heterocycles. The van der Waals surface area contributed by atoms with Crippen LogP contribution < -0.4 is 0 Å². The summed E-state index contributed by atoms with van der Waals surface area (Å²) < 4.78 is 2.15. The van der Waals surface area contributed by atoms with E-state index in [9.17, 15) is 0 Å². The Kier molecular flexibility index (Phi) is 4.43. The van der Waals surface area contributed by atoms with Crippen molar-refractivity contribution < 1.29 is 0 Å². The van der Waals surface area contributed by atoms with E-state index in [4.69, 9.17) is 39.8 Å². The Labute approximate surface area is 160 Å². The first-order valence-corrected chi connectivity index (χ1v) is 8.90. The number of hydrogen-bond donors (Lipinski definition) is 0. The summed E-state index contributed by atoms with van der Waals surface area (Å²) in [7, 11) is 0. The number of hydrogen-bond acceptors (Lipinski definition) is 1. The van der Waals surface area contributed by atoms with Gasteiger partial charge in [-0.05, 0) is 42.0 Å². The monoisotopic (exact) mass is 386 g/mol. The summed E-state index contributed by atoms with van der Waals surface area (Å²) >= 11 is 18.6. The SMILES string of the molecule is Clc1cccc(-c2nc3ccccc3n2Cc2ccc(Cl)cc2Cl)c1. The predicted octanol–water partition coefficient (Wildman–Crippen LogP) is 6.71. The Morgan fingerprint density at radius 2 is 1.60 bits per heavy atom. The molecule has 0 fully saturated rings. The molecule has 0 aliphatic rings. The van der Waals surface area contributed by atoms with Crippen LogP contribution in [0, 0.1) is 0 Å². The number of halogens is 3. The van der Waals surface area contributed by atoms with Gasteiger partial charge in [-0.25, -0.2) is 4.98 Å². The van der Waals surface area contributed by atoms with Gasteiger partial charge in [-0.15, -0.1) is 0 Å². The fourth-order valence-corrected chi connectivity index (χ4v) is 3.56. The van der Waals surface area contributed by atoms with Crippen LogP contribution in [0.5, 0.6) is 0 Å². The summed E-state index contributed by atoms with van der Waals surface area (Å²) in [6, 6.07) is 21.3. The highest BCUT2D eigenvalue weighted by Crippen LogP contribution is 2.29. The molecule has 4 rings (SSSR count). The molecule has 2 nitrogen and oxygen atoms in total. The van der Waals surface area contributed by atoms with E-state index in [2.05, 4.69) is 10.6 Å². The topological polar surface area (TPSA) is 17.8 Å². The molecule has 4 aromatic rings. The highest BCUT2D eigenvalue weighted by atomic mass is 35.5. The van der Waals surface area contributed by atoms with Gasteiger partial charge in [0, 0.05) is 20.6 Å². The van der Waals surface area contributed by atoms with Gasteiger partial charge in [-0.1, -0.05) is 65.1 Å². The number of para-hydroxylation sites is 2. The number of benzene rings is 3. The van der Waals surface area contributed by atoms with Crippen LogP contribution in [-0.4, -0.2) is 9.55 Å². The van der Waals surface area contributed by atoms with E-state index < -0.39 is 0 Å². The minimum absolute atomic E-state index is 0.596. The van der Waals surface area contributed by atoms with Crippen molar-refractivity contribution in [2.45, 2.75) is 6.54 Å². The number of aromatic nitrogens is 2. The predicted molar refractivity (Wildman–Crippen MR) is 106 cm³/mol. The van der Waals surface area contributed by atoms with Crippen LogP contribution in [0.1, 0.15) is 5.56 Å². The van der Waals surface area contributed by atoms with Crippen LogP contribution in [0.25, 0.3) is 22.4 Å². The van der Waals surface area contributed by atoms with Crippen LogP contribution in [-0.2, 0) is 6.54 Å². The minimum atomic E-state index is 0.596. The molecule has 0 saturated heterocycles. The van der Waals surface area contributed by atoms with Crippen molar-refractivity contribution in [3.05, 3.63) is 87.4 Å². The van der Waals surface area contributed by atoms with E-state index in [1.54, 1.807) is 6.07 Å². The van der Waals surface area contributed by atoms with E-state index in [0.717, 1.165) is 28.0 Å². The number of imidazole rings is 1. The van der Waals surface area contributed by atoms with Gasteiger partial charge < -0.3 is 4.57 Å². The highest BCUT2D eigenvalue weighted by Gasteiger charge is 2.14. The number of rotatable bonds is 3.